The number of hydrogen-bond acceptors (Lipinski definition) is 5. The molecule has 0 aliphatic rings. The second-order valence-electron chi connectivity index (χ2n) is 5.15. The fraction of sp³-hybridized carbons (Fsp3) is 0.0625. The van der Waals surface area contributed by atoms with Gasteiger partial charge in [0.1, 0.15) is 5.75 Å². The minimum Gasteiger partial charge on any atom is -0.507 e. The fourth-order valence-electron chi connectivity index (χ4n) is 2.29. The number of fused-ring (bicyclic) bond motifs is 1. The van der Waals surface area contributed by atoms with Crippen LogP contribution in [0.5, 0.6) is 5.75 Å². The summed E-state index contributed by atoms with van der Waals surface area (Å²) in [5.74, 6) is 0.917. The third-order valence-corrected chi connectivity index (χ3v) is 5.09. The van der Waals surface area contributed by atoms with Crippen molar-refractivity contribution >= 4 is 38.9 Å². The molecule has 4 aromatic rings. The second-order valence-corrected chi connectivity index (χ2v) is 7.35. The van der Waals surface area contributed by atoms with E-state index in [0.717, 1.165) is 14.1 Å². The Labute approximate surface area is 149 Å². The van der Waals surface area contributed by atoms with Crippen molar-refractivity contribution in [1.29, 1.82) is 0 Å². The molecule has 7 heteroatoms. The standard InChI is InChI=1S/C16H11IN4OS/c1-9-2-4-10(5-3-9)14-18-19-16-21(14)20-15(23-16)12-8-11(17)6-7-13(12)22/h2-8,22H,1H3. The topological polar surface area (TPSA) is 63.3 Å². The van der Waals surface area contributed by atoms with Crippen molar-refractivity contribution < 1.29 is 5.11 Å². The lowest BCUT2D eigenvalue weighted by atomic mass is 10.1. The summed E-state index contributed by atoms with van der Waals surface area (Å²) in [6.45, 7) is 2.05. The van der Waals surface area contributed by atoms with Crippen LogP contribution in [-0.2, 0) is 0 Å². The number of rotatable bonds is 2. The maximum atomic E-state index is 10.1. The highest BCUT2D eigenvalue weighted by atomic mass is 127. The Morgan fingerprint density at radius 3 is 2.65 bits per heavy atom. The average molecular weight is 434 g/mol. The zero-order valence-electron chi connectivity index (χ0n) is 12.1. The van der Waals surface area contributed by atoms with Crippen molar-refractivity contribution in [2.45, 2.75) is 6.92 Å². The van der Waals surface area contributed by atoms with Gasteiger partial charge < -0.3 is 5.11 Å². The molecule has 0 fully saturated rings. The van der Waals surface area contributed by atoms with Gasteiger partial charge in [-0.2, -0.15) is 9.61 Å². The van der Waals surface area contributed by atoms with Gasteiger partial charge in [0.15, 0.2) is 10.8 Å². The van der Waals surface area contributed by atoms with Crippen molar-refractivity contribution in [2.75, 3.05) is 0 Å². The molecule has 0 bridgehead atoms. The molecule has 0 spiro atoms. The smallest absolute Gasteiger partial charge is 0.235 e. The summed E-state index contributed by atoms with van der Waals surface area (Å²) >= 11 is 3.62. The predicted molar refractivity (Wildman–Crippen MR) is 98.6 cm³/mol. The average Bonchev–Trinajstić information content (AvgIpc) is 3.11. The van der Waals surface area contributed by atoms with E-state index in [1.54, 1.807) is 10.6 Å². The lowest BCUT2D eigenvalue weighted by Gasteiger charge is -2.01. The number of aromatic hydroxyl groups is 1. The van der Waals surface area contributed by atoms with Gasteiger partial charge >= 0.3 is 0 Å². The molecule has 2 heterocycles. The number of phenolic OH excluding ortho intramolecular Hbond substituents is 1. The van der Waals surface area contributed by atoms with Crippen LogP contribution in [0.4, 0.5) is 0 Å². The predicted octanol–water partition coefficient (Wildman–Crippen LogP) is 4.14. The van der Waals surface area contributed by atoms with Crippen molar-refractivity contribution in [3.8, 4) is 27.7 Å². The molecule has 0 unspecified atom stereocenters. The van der Waals surface area contributed by atoms with Gasteiger partial charge in [-0.3, -0.25) is 0 Å². The fourth-order valence-corrected chi connectivity index (χ4v) is 3.64. The molecule has 0 saturated heterocycles. The van der Waals surface area contributed by atoms with E-state index < -0.39 is 0 Å². The molecule has 0 radical (unpaired) electrons. The van der Waals surface area contributed by atoms with Gasteiger partial charge in [-0.05, 0) is 47.7 Å². The molecule has 0 atom stereocenters. The molecule has 1 N–H and O–H groups in total. The summed E-state index contributed by atoms with van der Waals surface area (Å²) in [5, 5.41) is 23.8. The van der Waals surface area contributed by atoms with Crippen molar-refractivity contribution in [3.05, 3.63) is 51.6 Å². The van der Waals surface area contributed by atoms with E-state index in [1.165, 1.54) is 16.9 Å². The molecule has 5 nitrogen and oxygen atoms in total. The molecule has 0 aliphatic carbocycles. The first-order valence-electron chi connectivity index (χ1n) is 6.90. The van der Waals surface area contributed by atoms with Gasteiger partial charge in [0.05, 0.1) is 5.56 Å². The Hall–Kier alpha value is -2.00. The van der Waals surface area contributed by atoms with E-state index in [9.17, 15) is 5.11 Å². The summed E-state index contributed by atoms with van der Waals surface area (Å²) in [6, 6.07) is 13.5. The normalized spacial score (nSPS) is 11.2. The molecule has 2 aromatic carbocycles. The van der Waals surface area contributed by atoms with Crippen molar-refractivity contribution in [1.82, 2.24) is 19.8 Å². The van der Waals surface area contributed by atoms with Crippen LogP contribution in [0.2, 0.25) is 0 Å². The minimum absolute atomic E-state index is 0.215. The number of aromatic nitrogens is 4. The van der Waals surface area contributed by atoms with Gasteiger partial charge in [0, 0.05) is 9.13 Å². The van der Waals surface area contributed by atoms with Crippen LogP contribution in [0.1, 0.15) is 5.56 Å². The Kier molecular flexibility index (Phi) is 3.53. The molecular formula is C16H11IN4OS. The van der Waals surface area contributed by atoms with E-state index >= 15 is 0 Å². The van der Waals surface area contributed by atoms with Gasteiger partial charge in [-0.15, -0.1) is 10.2 Å². The number of aryl methyl sites for hydroxylation is 1. The van der Waals surface area contributed by atoms with Crippen LogP contribution in [-0.4, -0.2) is 24.9 Å². The molecule has 0 amide bonds. The quantitative estimate of drug-likeness (QED) is 0.482. The van der Waals surface area contributed by atoms with E-state index in [-0.39, 0.29) is 5.75 Å². The van der Waals surface area contributed by atoms with Gasteiger partial charge in [0.25, 0.3) is 0 Å². The summed E-state index contributed by atoms with van der Waals surface area (Å²) in [4.78, 5) is 0.703. The van der Waals surface area contributed by atoms with E-state index in [2.05, 4.69) is 37.9 Å². The highest BCUT2D eigenvalue weighted by molar-refractivity contribution is 14.1. The summed E-state index contributed by atoms with van der Waals surface area (Å²) in [7, 11) is 0. The highest BCUT2D eigenvalue weighted by Crippen LogP contribution is 2.34. The number of hydrogen-bond donors (Lipinski definition) is 1. The van der Waals surface area contributed by atoms with Crippen molar-refractivity contribution in [3.63, 3.8) is 0 Å². The third kappa shape index (κ3) is 2.59. The second kappa shape index (κ2) is 5.57. The molecule has 0 aliphatic heterocycles. The van der Waals surface area contributed by atoms with Crippen LogP contribution < -0.4 is 0 Å². The summed E-state index contributed by atoms with van der Waals surface area (Å²) in [6.07, 6.45) is 0. The molecule has 23 heavy (non-hydrogen) atoms. The maximum Gasteiger partial charge on any atom is 0.235 e. The highest BCUT2D eigenvalue weighted by Gasteiger charge is 2.16. The number of halogens is 1. The van der Waals surface area contributed by atoms with Crippen molar-refractivity contribution in [2.24, 2.45) is 0 Å². The van der Waals surface area contributed by atoms with Gasteiger partial charge in [-0.25, -0.2) is 0 Å². The van der Waals surface area contributed by atoms with E-state index in [0.29, 0.717) is 16.3 Å². The number of phenols is 1. The monoisotopic (exact) mass is 434 g/mol. The zero-order chi connectivity index (χ0) is 16.0. The Bertz CT molecular complexity index is 1010. The number of nitrogens with zero attached hydrogens (tertiary/aromatic N) is 4. The largest absolute Gasteiger partial charge is 0.507 e. The first kappa shape index (κ1) is 14.6. The van der Waals surface area contributed by atoms with Gasteiger partial charge in [0.2, 0.25) is 4.96 Å². The lowest BCUT2D eigenvalue weighted by molar-refractivity contribution is 0.477. The van der Waals surface area contributed by atoms with Crippen LogP contribution in [0, 0.1) is 10.5 Å². The van der Waals surface area contributed by atoms with Crippen LogP contribution in [0.25, 0.3) is 26.9 Å². The van der Waals surface area contributed by atoms with Crippen LogP contribution in [0.3, 0.4) is 0 Å². The lowest BCUT2D eigenvalue weighted by Crippen LogP contribution is -1.91. The Balaban J connectivity index is 1.86. The first-order valence-corrected chi connectivity index (χ1v) is 8.79. The van der Waals surface area contributed by atoms with Crippen LogP contribution >= 0.6 is 33.9 Å². The van der Waals surface area contributed by atoms with E-state index in [1.807, 2.05) is 43.3 Å². The Morgan fingerprint density at radius 1 is 1.09 bits per heavy atom. The molecule has 4 rings (SSSR count). The molecule has 2 aromatic heterocycles. The number of benzene rings is 2. The SMILES string of the molecule is Cc1ccc(-c2nnc3sc(-c4cc(I)ccc4O)nn23)cc1. The molecule has 114 valence electrons. The third-order valence-electron chi connectivity index (χ3n) is 3.49. The van der Waals surface area contributed by atoms with Crippen LogP contribution in [0.15, 0.2) is 42.5 Å². The molecule has 0 saturated carbocycles. The van der Waals surface area contributed by atoms with E-state index in [4.69, 9.17) is 0 Å². The minimum atomic E-state index is 0.215. The maximum absolute atomic E-state index is 10.1. The summed E-state index contributed by atoms with van der Waals surface area (Å²) in [5.41, 5.74) is 2.87. The zero-order valence-corrected chi connectivity index (χ0v) is 15.0. The first-order chi connectivity index (χ1) is 11.1. The Morgan fingerprint density at radius 2 is 1.87 bits per heavy atom. The van der Waals surface area contributed by atoms with Gasteiger partial charge in [-0.1, -0.05) is 41.2 Å². The molecular weight excluding hydrogens is 423 g/mol. The summed E-state index contributed by atoms with van der Waals surface area (Å²) < 4.78 is 2.77.